The third-order valence-electron chi connectivity index (χ3n) is 3.93. The van der Waals surface area contributed by atoms with Crippen LogP contribution < -0.4 is 24.2 Å². The molecule has 1 aromatic heterocycles. The van der Waals surface area contributed by atoms with Crippen LogP contribution in [0.15, 0.2) is 23.0 Å². The smallest absolute Gasteiger partial charge is 0.333 e. The van der Waals surface area contributed by atoms with Crippen molar-refractivity contribution in [2.45, 2.75) is 13.5 Å². The Morgan fingerprint density at radius 2 is 1.76 bits per heavy atom. The zero-order valence-corrected chi connectivity index (χ0v) is 17.9. The summed E-state index contributed by atoms with van der Waals surface area (Å²) < 4.78 is 17.4. The van der Waals surface area contributed by atoms with Crippen LogP contribution in [0.4, 0.5) is 0 Å². The minimum absolute atomic E-state index is 0.178. The third-order valence-corrected chi connectivity index (χ3v) is 4.99. The molecular formula is C20H24N2O6S. The molecule has 0 unspecified atom stereocenters. The van der Waals surface area contributed by atoms with Crippen molar-refractivity contribution in [3.05, 3.63) is 43.3 Å². The van der Waals surface area contributed by atoms with Crippen LogP contribution in [0.1, 0.15) is 12.5 Å². The number of nitrogens with zero attached hydrogens (tertiary/aromatic N) is 2. The van der Waals surface area contributed by atoms with E-state index < -0.39 is 5.97 Å². The lowest BCUT2D eigenvalue weighted by molar-refractivity contribution is -0.135. The molecule has 0 aliphatic rings. The number of methoxy groups -OCH3 is 2. The fraction of sp³-hybridized carbons (Fsp3) is 0.350. The van der Waals surface area contributed by atoms with Crippen LogP contribution in [-0.4, -0.2) is 56.3 Å². The third kappa shape index (κ3) is 5.71. The lowest BCUT2D eigenvalue weighted by atomic mass is 10.2. The second-order valence-corrected chi connectivity index (χ2v) is 7.23. The zero-order valence-electron chi connectivity index (χ0n) is 17.1. The van der Waals surface area contributed by atoms with Crippen LogP contribution in [-0.2, 0) is 20.9 Å². The molecule has 1 aromatic carbocycles. The van der Waals surface area contributed by atoms with Gasteiger partial charge in [-0.2, -0.15) is 0 Å². The fourth-order valence-electron chi connectivity index (χ4n) is 2.42. The molecule has 0 bridgehead atoms. The minimum Gasteiger partial charge on any atom is -0.497 e. The van der Waals surface area contributed by atoms with Crippen LogP contribution in [0, 0.1) is 0 Å². The van der Waals surface area contributed by atoms with E-state index in [0.717, 1.165) is 11.3 Å². The minimum atomic E-state index is -0.575. The number of hydrogen-bond donors (Lipinski definition) is 0. The number of esters is 1. The summed E-state index contributed by atoms with van der Waals surface area (Å²) in [7, 11) is 6.28. The van der Waals surface area contributed by atoms with Crippen LogP contribution in [0.25, 0.3) is 12.2 Å². The Balaban J connectivity index is 2.66. The molecule has 0 saturated heterocycles. The second-order valence-electron chi connectivity index (χ2n) is 6.17. The average molecular weight is 420 g/mol. The number of ether oxygens (including phenoxy) is 3. The Kier molecular flexibility index (Phi) is 7.60. The number of carbonyl (C=O) groups excluding carboxylic acids is 2. The van der Waals surface area contributed by atoms with Crippen molar-refractivity contribution in [1.82, 2.24) is 9.47 Å². The first-order valence-corrected chi connectivity index (χ1v) is 9.63. The molecule has 0 N–H and O–H groups in total. The average Bonchev–Trinajstić information content (AvgIpc) is 2.96. The van der Waals surface area contributed by atoms with E-state index in [2.05, 4.69) is 0 Å². The fourth-order valence-corrected chi connectivity index (χ4v) is 3.45. The van der Waals surface area contributed by atoms with Crippen molar-refractivity contribution >= 4 is 35.4 Å². The van der Waals surface area contributed by atoms with Crippen molar-refractivity contribution in [3.63, 3.8) is 0 Å². The molecule has 1 heterocycles. The molecule has 156 valence electrons. The van der Waals surface area contributed by atoms with Gasteiger partial charge in [0, 0.05) is 20.2 Å². The summed E-state index contributed by atoms with van der Waals surface area (Å²) in [6.45, 7) is 1.73. The molecule has 0 fully saturated rings. The summed E-state index contributed by atoms with van der Waals surface area (Å²) in [6.07, 6.45) is 2.89. The number of thiazole rings is 1. The van der Waals surface area contributed by atoms with Gasteiger partial charge in [0.05, 0.1) is 31.4 Å². The van der Waals surface area contributed by atoms with Gasteiger partial charge in [-0.15, -0.1) is 11.3 Å². The normalized spacial score (nSPS) is 12.0. The van der Waals surface area contributed by atoms with Crippen LogP contribution in [0.5, 0.6) is 11.5 Å². The maximum atomic E-state index is 12.9. The molecule has 0 radical (unpaired) electrons. The molecule has 0 spiro atoms. The SMILES string of the molecule is CCOC(=O)C=c1sc(=Cc2cc(OC)cc(OC)c2)c(=O)n1CC(=O)N(C)C. The van der Waals surface area contributed by atoms with E-state index in [4.69, 9.17) is 14.2 Å². The molecule has 1 amide bonds. The van der Waals surface area contributed by atoms with Crippen molar-refractivity contribution < 1.29 is 23.8 Å². The number of hydrogen-bond acceptors (Lipinski definition) is 7. The lowest BCUT2D eigenvalue weighted by Crippen LogP contribution is -2.38. The molecule has 8 nitrogen and oxygen atoms in total. The number of likely N-dealkylation sites (N-methyl/N-ethyl adjacent to an activating group) is 1. The quantitative estimate of drug-likeness (QED) is 0.595. The molecule has 0 aliphatic heterocycles. The van der Waals surface area contributed by atoms with E-state index in [1.807, 2.05) is 0 Å². The number of aromatic nitrogens is 1. The maximum absolute atomic E-state index is 12.9. The molecule has 29 heavy (non-hydrogen) atoms. The van der Waals surface area contributed by atoms with Gasteiger partial charge in [0.2, 0.25) is 5.91 Å². The van der Waals surface area contributed by atoms with Gasteiger partial charge in [-0.25, -0.2) is 4.79 Å². The van der Waals surface area contributed by atoms with Crippen molar-refractivity contribution in [2.24, 2.45) is 0 Å². The van der Waals surface area contributed by atoms with Gasteiger partial charge in [0.1, 0.15) is 22.7 Å². The zero-order chi connectivity index (χ0) is 21.6. The van der Waals surface area contributed by atoms with Crippen LogP contribution >= 0.6 is 11.3 Å². The molecule has 0 saturated carbocycles. The van der Waals surface area contributed by atoms with Crippen molar-refractivity contribution in [1.29, 1.82) is 0 Å². The van der Waals surface area contributed by atoms with E-state index in [9.17, 15) is 14.4 Å². The van der Waals surface area contributed by atoms with Crippen LogP contribution in [0.3, 0.4) is 0 Å². The van der Waals surface area contributed by atoms with Crippen LogP contribution in [0.2, 0.25) is 0 Å². The highest BCUT2D eigenvalue weighted by molar-refractivity contribution is 7.07. The van der Waals surface area contributed by atoms with E-state index >= 15 is 0 Å². The number of carbonyl (C=O) groups is 2. The Labute approximate surface area is 172 Å². The summed E-state index contributed by atoms with van der Waals surface area (Å²) in [5.41, 5.74) is 0.316. The van der Waals surface area contributed by atoms with E-state index in [1.54, 1.807) is 45.3 Å². The van der Waals surface area contributed by atoms with E-state index in [0.29, 0.717) is 26.3 Å². The molecule has 0 atom stereocenters. The first-order chi connectivity index (χ1) is 13.8. The molecule has 9 heteroatoms. The number of rotatable bonds is 7. The predicted octanol–water partition coefficient (Wildman–Crippen LogP) is 0.188. The van der Waals surface area contributed by atoms with Gasteiger partial charge in [-0.05, 0) is 30.7 Å². The van der Waals surface area contributed by atoms with Crippen molar-refractivity contribution in [2.75, 3.05) is 34.9 Å². The Morgan fingerprint density at radius 3 is 2.28 bits per heavy atom. The van der Waals surface area contributed by atoms with E-state index in [-0.39, 0.29) is 24.6 Å². The highest BCUT2D eigenvalue weighted by atomic mass is 32.1. The molecule has 2 rings (SSSR count). The predicted molar refractivity (Wildman–Crippen MR) is 111 cm³/mol. The number of benzene rings is 1. The Morgan fingerprint density at radius 1 is 1.14 bits per heavy atom. The van der Waals surface area contributed by atoms with Crippen molar-refractivity contribution in [3.8, 4) is 11.5 Å². The standard InChI is InChI=1S/C20H24N2O6S/c1-6-28-19(24)11-18-22(12-17(23)21(2)3)20(25)16(29-18)9-13-7-14(26-4)10-15(8-13)27-5/h7-11H,6,12H2,1-5H3. The number of amides is 1. The van der Waals surface area contributed by atoms with Gasteiger partial charge in [0.25, 0.3) is 5.56 Å². The monoisotopic (exact) mass is 420 g/mol. The summed E-state index contributed by atoms with van der Waals surface area (Å²) in [6, 6.07) is 5.23. The highest BCUT2D eigenvalue weighted by Gasteiger charge is 2.12. The highest BCUT2D eigenvalue weighted by Crippen LogP contribution is 2.22. The summed E-state index contributed by atoms with van der Waals surface area (Å²) >= 11 is 1.10. The summed E-state index contributed by atoms with van der Waals surface area (Å²) in [5, 5.41) is 0. The van der Waals surface area contributed by atoms with Gasteiger partial charge < -0.3 is 19.1 Å². The second kappa shape index (κ2) is 9.92. The molecule has 2 aromatic rings. The summed E-state index contributed by atoms with van der Waals surface area (Å²) in [4.78, 5) is 38.4. The first-order valence-electron chi connectivity index (χ1n) is 8.82. The largest absolute Gasteiger partial charge is 0.497 e. The molecular weight excluding hydrogens is 396 g/mol. The van der Waals surface area contributed by atoms with Gasteiger partial charge in [0.15, 0.2) is 0 Å². The Bertz CT molecular complexity index is 1050. The molecule has 0 aliphatic carbocycles. The summed E-state index contributed by atoms with van der Waals surface area (Å²) in [5.74, 6) is 0.314. The van der Waals surface area contributed by atoms with Gasteiger partial charge in [-0.1, -0.05) is 0 Å². The topological polar surface area (TPSA) is 87.1 Å². The lowest BCUT2D eigenvalue weighted by Gasteiger charge is -2.10. The van der Waals surface area contributed by atoms with Gasteiger partial charge in [-0.3, -0.25) is 14.2 Å². The first kappa shape index (κ1) is 22.2. The maximum Gasteiger partial charge on any atom is 0.333 e. The Hall–Kier alpha value is -3.07. The van der Waals surface area contributed by atoms with Gasteiger partial charge >= 0.3 is 5.97 Å². The van der Waals surface area contributed by atoms with E-state index in [1.165, 1.54) is 29.8 Å².